The molecule has 1 aromatic carbocycles. The van der Waals surface area contributed by atoms with Crippen LogP contribution in [0.15, 0.2) is 36.9 Å². The maximum absolute atomic E-state index is 14.1. The number of unbranched alkanes of at least 4 members (excludes halogenated alkanes) is 2. The molecule has 0 heterocycles. The molecule has 32 heavy (non-hydrogen) atoms. The Morgan fingerprint density at radius 2 is 1.03 bits per heavy atom. The van der Waals surface area contributed by atoms with E-state index in [2.05, 4.69) is 6.58 Å². The van der Waals surface area contributed by atoms with Crippen LogP contribution in [-0.2, 0) is 12.8 Å². The molecule has 0 saturated heterocycles. The van der Waals surface area contributed by atoms with Crippen LogP contribution in [0.5, 0.6) is 0 Å². The Morgan fingerprint density at radius 1 is 0.594 bits per heavy atom. The molecular formula is C19H17F13. The summed E-state index contributed by atoms with van der Waals surface area (Å²) in [4.78, 5) is 0. The molecule has 0 aliphatic rings. The van der Waals surface area contributed by atoms with E-state index in [4.69, 9.17) is 0 Å². The predicted octanol–water partition coefficient (Wildman–Crippen LogP) is 8.07. The predicted molar refractivity (Wildman–Crippen MR) is 88.4 cm³/mol. The number of benzene rings is 1. The first-order chi connectivity index (χ1) is 14.3. The van der Waals surface area contributed by atoms with Gasteiger partial charge in [-0.25, -0.2) is 0 Å². The van der Waals surface area contributed by atoms with Gasteiger partial charge < -0.3 is 0 Å². The van der Waals surface area contributed by atoms with Crippen LogP contribution in [0, 0.1) is 5.41 Å². The maximum Gasteiger partial charge on any atom is 0.459 e. The Kier molecular flexibility index (Phi) is 8.01. The molecule has 1 rings (SSSR count). The fraction of sp³-hybridized carbons (Fsp3) is 0.579. The highest BCUT2D eigenvalue weighted by atomic mass is 19.4. The molecule has 0 atom stereocenters. The number of allylic oxidation sites excluding steroid dienone is 1. The van der Waals surface area contributed by atoms with E-state index < -0.39 is 47.8 Å². The summed E-state index contributed by atoms with van der Waals surface area (Å²) in [5, 5.41) is 0. The minimum Gasteiger partial charge on any atom is -0.198 e. The summed E-state index contributed by atoms with van der Waals surface area (Å²) in [5.74, 6) is -15.2. The van der Waals surface area contributed by atoms with Crippen LogP contribution in [0.2, 0.25) is 0 Å². The third-order valence-corrected chi connectivity index (χ3v) is 4.87. The summed E-state index contributed by atoms with van der Waals surface area (Å²) in [6.07, 6.45) is -21.0. The zero-order chi connectivity index (χ0) is 25.2. The van der Waals surface area contributed by atoms with Crippen molar-refractivity contribution in [2.45, 2.75) is 62.5 Å². The molecule has 0 nitrogen and oxygen atoms in total. The van der Waals surface area contributed by atoms with Crippen LogP contribution in [0.3, 0.4) is 0 Å². The molecule has 0 amide bonds. The van der Waals surface area contributed by atoms with Crippen molar-refractivity contribution in [2.75, 3.05) is 0 Å². The normalized spacial score (nSPS) is 14.5. The average Bonchev–Trinajstić information content (AvgIpc) is 2.61. The van der Waals surface area contributed by atoms with Gasteiger partial charge in [0.1, 0.15) is 0 Å². The minimum atomic E-state index is -7.63. The van der Waals surface area contributed by atoms with Crippen molar-refractivity contribution < 1.29 is 57.1 Å². The Labute approximate surface area is 174 Å². The number of rotatable bonds is 9. The fourth-order valence-electron chi connectivity index (χ4n) is 3.02. The monoisotopic (exact) mass is 492 g/mol. The molecule has 0 aliphatic heterocycles. The molecule has 184 valence electrons. The number of hydrogen-bond donors (Lipinski definition) is 0. The van der Waals surface area contributed by atoms with Crippen LogP contribution in [0.1, 0.15) is 30.4 Å². The molecular weight excluding hydrogens is 475 g/mol. The van der Waals surface area contributed by atoms with Gasteiger partial charge in [0.25, 0.3) is 0 Å². The van der Waals surface area contributed by atoms with E-state index in [1.54, 1.807) is 6.08 Å². The standard InChI is InChI=1S/C19H17F13/c1-2-3-4-5-6-12-7-9-13(10-8-12)11-14(17(24,25)26,18(27,28)29)15(20,21)16(22,23)19(30,31)32/h2,7-10H,1,3-6,11H2. The smallest absolute Gasteiger partial charge is 0.198 e. The quantitative estimate of drug-likeness (QED) is 0.186. The first-order valence-electron chi connectivity index (χ1n) is 8.91. The van der Waals surface area contributed by atoms with E-state index in [1.165, 1.54) is 0 Å². The van der Waals surface area contributed by atoms with E-state index in [-0.39, 0.29) is 0 Å². The van der Waals surface area contributed by atoms with Gasteiger partial charge in [0.2, 0.25) is 5.41 Å². The van der Waals surface area contributed by atoms with Crippen molar-refractivity contribution in [3.05, 3.63) is 48.0 Å². The van der Waals surface area contributed by atoms with Crippen molar-refractivity contribution in [1.29, 1.82) is 0 Å². The number of aryl methyl sites for hydroxylation is 1. The largest absolute Gasteiger partial charge is 0.459 e. The number of hydrogen-bond acceptors (Lipinski definition) is 0. The highest BCUT2D eigenvalue weighted by Gasteiger charge is 2.91. The Morgan fingerprint density at radius 3 is 1.41 bits per heavy atom. The second-order valence-electron chi connectivity index (χ2n) is 7.08. The van der Waals surface area contributed by atoms with Crippen molar-refractivity contribution in [3.8, 4) is 0 Å². The lowest BCUT2D eigenvalue weighted by Gasteiger charge is -2.45. The van der Waals surface area contributed by atoms with Gasteiger partial charge in [-0.05, 0) is 36.8 Å². The molecule has 0 aromatic heterocycles. The van der Waals surface area contributed by atoms with Gasteiger partial charge in [-0.1, -0.05) is 30.3 Å². The van der Waals surface area contributed by atoms with Crippen molar-refractivity contribution in [2.24, 2.45) is 5.41 Å². The summed E-state index contributed by atoms with van der Waals surface area (Å²) >= 11 is 0. The molecule has 0 saturated carbocycles. The van der Waals surface area contributed by atoms with E-state index in [9.17, 15) is 57.1 Å². The minimum absolute atomic E-state index is 0.306. The van der Waals surface area contributed by atoms with Gasteiger partial charge in [0, 0.05) is 6.42 Å². The fourth-order valence-corrected chi connectivity index (χ4v) is 3.02. The van der Waals surface area contributed by atoms with Gasteiger partial charge in [-0.3, -0.25) is 0 Å². The molecule has 0 unspecified atom stereocenters. The molecule has 0 N–H and O–H groups in total. The van der Waals surface area contributed by atoms with Crippen molar-refractivity contribution in [1.82, 2.24) is 0 Å². The molecule has 0 bridgehead atoms. The number of halogens is 13. The highest BCUT2D eigenvalue weighted by Crippen LogP contribution is 2.66. The second kappa shape index (κ2) is 9.12. The average molecular weight is 492 g/mol. The van der Waals surface area contributed by atoms with E-state index in [0.717, 1.165) is 12.1 Å². The van der Waals surface area contributed by atoms with Crippen LogP contribution in [0.25, 0.3) is 0 Å². The van der Waals surface area contributed by atoms with Gasteiger partial charge in [0.05, 0.1) is 0 Å². The molecule has 13 heteroatoms. The number of alkyl halides is 13. The van der Waals surface area contributed by atoms with E-state index >= 15 is 0 Å². The summed E-state index contributed by atoms with van der Waals surface area (Å²) in [6.45, 7) is 3.47. The molecule has 1 aromatic rings. The van der Waals surface area contributed by atoms with Crippen LogP contribution >= 0.6 is 0 Å². The molecule has 0 spiro atoms. The van der Waals surface area contributed by atoms with Gasteiger partial charge in [0.15, 0.2) is 0 Å². The zero-order valence-corrected chi connectivity index (χ0v) is 16.0. The van der Waals surface area contributed by atoms with Crippen molar-refractivity contribution in [3.63, 3.8) is 0 Å². The summed E-state index contributed by atoms with van der Waals surface area (Å²) in [7, 11) is 0. The first-order valence-corrected chi connectivity index (χ1v) is 8.91. The van der Waals surface area contributed by atoms with Crippen molar-refractivity contribution >= 4 is 0 Å². The zero-order valence-electron chi connectivity index (χ0n) is 16.0. The molecule has 0 radical (unpaired) electrons. The van der Waals surface area contributed by atoms with Gasteiger partial charge in [-0.2, -0.15) is 57.1 Å². The van der Waals surface area contributed by atoms with E-state index in [1.807, 2.05) is 0 Å². The Balaban J connectivity index is 3.53. The topological polar surface area (TPSA) is 0 Å². The summed E-state index contributed by atoms with van der Waals surface area (Å²) in [5.41, 5.74) is -7.47. The van der Waals surface area contributed by atoms with Crippen LogP contribution in [-0.4, -0.2) is 30.4 Å². The second-order valence-corrected chi connectivity index (χ2v) is 7.08. The first kappa shape index (κ1) is 28.1. The SMILES string of the molecule is C=CCCCCc1ccc(CC(C(F)(F)F)(C(F)(F)F)C(F)(F)C(F)(F)C(F)(F)F)cc1. The van der Waals surface area contributed by atoms with Crippen LogP contribution in [0.4, 0.5) is 57.1 Å². The Hall–Kier alpha value is -1.95. The van der Waals surface area contributed by atoms with Gasteiger partial charge >= 0.3 is 30.4 Å². The lowest BCUT2D eigenvalue weighted by atomic mass is 9.71. The lowest BCUT2D eigenvalue weighted by Crippen LogP contribution is -2.71. The molecule has 0 fully saturated rings. The highest BCUT2D eigenvalue weighted by molar-refractivity contribution is 5.26. The lowest BCUT2D eigenvalue weighted by molar-refractivity contribution is -0.460. The summed E-state index contributed by atoms with van der Waals surface area (Å²) in [6, 6.07) is 3.08. The van der Waals surface area contributed by atoms with Gasteiger partial charge in [-0.15, -0.1) is 6.58 Å². The molecule has 0 aliphatic carbocycles. The third-order valence-electron chi connectivity index (χ3n) is 4.87. The maximum atomic E-state index is 14.1. The van der Waals surface area contributed by atoms with E-state index in [0.29, 0.717) is 43.4 Å². The third kappa shape index (κ3) is 5.00. The summed E-state index contributed by atoms with van der Waals surface area (Å²) < 4.78 is 172. The van der Waals surface area contributed by atoms with Crippen LogP contribution < -0.4 is 0 Å². The Bertz CT molecular complexity index is 737.